The highest BCUT2D eigenvalue weighted by molar-refractivity contribution is 6.32. The van der Waals surface area contributed by atoms with Gasteiger partial charge in [0.15, 0.2) is 11.5 Å². The van der Waals surface area contributed by atoms with Crippen LogP contribution >= 0.6 is 11.6 Å². The van der Waals surface area contributed by atoms with E-state index in [4.69, 9.17) is 21.1 Å². The monoisotopic (exact) mass is 361 g/mol. The van der Waals surface area contributed by atoms with Crippen molar-refractivity contribution in [3.63, 3.8) is 0 Å². The minimum Gasteiger partial charge on any atom is -0.490 e. The van der Waals surface area contributed by atoms with Crippen LogP contribution in [0.1, 0.15) is 43.9 Å². The smallest absolute Gasteiger partial charge is 0.180 e. The zero-order valence-electron chi connectivity index (χ0n) is 15.6. The summed E-state index contributed by atoms with van der Waals surface area (Å²) in [6.07, 6.45) is 1.09. The van der Waals surface area contributed by atoms with Gasteiger partial charge in [-0.05, 0) is 56.0 Å². The van der Waals surface area contributed by atoms with Gasteiger partial charge in [-0.1, -0.05) is 42.8 Å². The number of ether oxygens (including phenoxy) is 2. The normalized spacial score (nSPS) is 12.0. The lowest BCUT2D eigenvalue weighted by molar-refractivity contribution is 0.268. The Morgan fingerprint density at radius 1 is 1.12 bits per heavy atom. The number of hydrogen-bond donors (Lipinski definition) is 1. The van der Waals surface area contributed by atoms with Crippen molar-refractivity contribution >= 4 is 11.6 Å². The summed E-state index contributed by atoms with van der Waals surface area (Å²) in [7, 11) is 0. The average molecular weight is 362 g/mol. The Morgan fingerprint density at radius 2 is 1.88 bits per heavy atom. The Kier molecular flexibility index (Phi) is 7.60. The molecule has 2 aromatic carbocycles. The van der Waals surface area contributed by atoms with Crippen molar-refractivity contribution in [2.75, 3.05) is 6.61 Å². The van der Waals surface area contributed by atoms with Crippen LogP contribution < -0.4 is 14.8 Å². The van der Waals surface area contributed by atoms with E-state index in [1.165, 1.54) is 5.56 Å². The van der Waals surface area contributed by atoms with Gasteiger partial charge in [-0.2, -0.15) is 0 Å². The molecule has 0 unspecified atom stereocenters. The van der Waals surface area contributed by atoms with Crippen molar-refractivity contribution in [1.29, 1.82) is 0 Å². The van der Waals surface area contributed by atoms with Gasteiger partial charge in [-0.15, -0.1) is 0 Å². The molecule has 0 aliphatic carbocycles. The Labute approximate surface area is 156 Å². The van der Waals surface area contributed by atoms with Crippen molar-refractivity contribution in [1.82, 2.24) is 5.32 Å². The van der Waals surface area contributed by atoms with Crippen LogP contribution in [-0.2, 0) is 13.2 Å². The highest BCUT2D eigenvalue weighted by Gasteiger charge is 2.14. The molecule has 0 heterocycles. The summed E-state index contributed by atoms with van der Waals surface area (Å²) in [4.78, 5) is 0. The summed E-state index contributed by atoms with van der Waals surface area (Å²) in [5.74, 6) is 1.31. The van der Waals surface area contributed by atoms with Gasteiger partial charge in [0.25, 0.3) is 0 Å². The number of rotatable bonds is 9. The third-order valence-corrected chi connectivity index (χ3v) is 4.55. The van der Waals surface area contributed by atoms with Crippen LogP contribution in [0.4, 0.5) is 0 Å². The number of aryl methyl sites for hydroxylation is 1. The summed E-state index contributed by atoms with van der Waals surface area (Å²) in [6.45, 7) is 10.2. The number of nitrogens with one attached hydrogen (secondary N) is 1. The Balaban J connectivity index is 2.17. The van der Waals surface area contributed by atoms with Gasteiger partial charge in [-0.25, -0.2) is 0 Å². The van der Waals surface area contributed by atoms with Crippen LogP contribution in [0.15, 0.2) is 36.4 Å². The minimum absolute atomic E-state index is 0.464. The fraction of sp³-hybridized carbons (Fsp3) is 0.429. The molecule has 0 aromatic heterocycles. The molecule has 1 N–H and O–H groups in total. The maximum atomic E-state index is 6.49. The standard InChI is InChI=1S/C21H28ClNO2/c1-5-16(4)23-13-17-11-19(22)21(20(12-17)24-6-2)25-14-18-10-8-7-9-15(18)3/h7-12,16,23H,5-6,13-14H2,1-4H3/t16-/m0/s1. The van der Waals surface area contributed by atoms with E-state index in [-0.39, 0.29) is 0 Å². The second-order valence-electron chi connectivity index (χ2n) is 6.24. The molecule has 0 spiro atoms. The molecule has 1 atom stereocenters. The predicted molar refractivity (Wildman–Crippen MR) is 105 cm³/mol. The van der Waals surface area contributed by atoms with Gasteiger partial charge in [-0.3, -0.25) is 0 Å². The van der Waals surface area contributed by atoms with Crippen LogP contribution in [0.5, 0.6) is 11.5 Å². The van der Waals surface area contributed by atoms with E-state index >= 15 is 0 Å². The van der Waals surface area contributed by atoms with Crippen molar-refractivity contribution in [2.24, 2.45) is 0 Å². The highest BCUT2D eigenvalue weighted by Crippen LogP contribution is 2.37. The van der Waals surface area contributed by atoms with Crippen LogP contribution in [0.3, 0.4) is 0 Å². The summed E-state index contributed by atoms with van der Waals surface area (Å²) >= 11 is 6.49. The van der Waals surface area contributed by atoms with E-state index in [0.29, 0.717) is 35.8 Å². The molecule has 0 saturated heterocycles. The molecular weight excluding hydrogens is 334 g/mol. The van der Waals surface area contributed by atoms with Crippen molar-refractivity contribution < 1.29 is 9.47 Å². The van der Waals surface area contributed by atoms with Crippen molar-refractivity contribution in [3.8, 4) is 11.5 Å². The summed E-state index contributed by atoms with van der Waals surface area (Å²) in [5.41, 5.74) is 3.44. The van der Waals surface area contributed by atoms with Gasteiger partial charge >= 0.3 is 0 Å². The first kappa shape index (κ1) is 19.6. The Bertz CT molecular complexity index is 688. The zero-order chi connectivity index (χ0) is 18.2. The summed E-state index contributed by atoms with van der Waals surface area (Å²) < 4.78 is 11.8. The van der Waals surface area contributed by atoms with E-state index in [1.54, 1.807) is 0 Å². The second-order valence-corrected chi connectivity index (χ2v) is 6.65. The van der Waals surface area contributed by atoms with Gasteiger partial charge in [0.2, 0.25) is 0 Å². The third kappa shape index (κ3) is 5.65. The SMILES string of the molecule is CCOc1cc(CN[C@@H](C)CC)cc(Cl)c1OCc1ccccc1C. The number of halogens is 1. The molecule has 25 heavy (non-hydrogen) atoms. The second kappa shape index (κ2) is 9.69. The van der Waals surface area contributed by atoms with E-state index < -0.39 is 0 Å². The summed E-state index contributed by atoms with van der Waals surface area (Å²) in [5, 5.41) is 4.06. The molecule has 0 saturated carbocycles. The molecule has 136 valence electrons. The lowest BCUT2D eigenvalue weighted by Crippen LogP contribution is -2.24. The quantitative estimate of drug-likeness (QED) is 0.638. The molecule has 0 aliphatic heterocycles. The highest BCUT2D eigenvalue weighted by atomic mass is 35.5. The van der Waals surface area contributed by atoms with E-state index in [2.05, 4.69) is 38.2 Å². The average Bonchev–Trinajstić information content (AvgIpc) is 2.60. The number of hydrogen-bond acceptors (Lipinski definition) is 3. The lowest BCUT2D eigenvalue weighted by Gasteiger charge is -2.17. The first-order chi connectivity index (χ1) is 12.0. The molecule has 4 heteroatoms. The molecule has 0 radical (unpaired) electrons. The largest absolute Gasteiger partial charge is 0.490 e. The Morgan fingerprint density at radius 3 is 2.56 bits per heavy atom. The van der Waals surface area contributed by atoms with Crippen LogP contribution in [-0.4, -0.2) is 12.6 Å². The fourth-order valence-corrected chi connectivity index (χ4v) is 2.77. The van der Waals surface area contributed by atoms with Crippen LogP contribution in [0.25, 0.3) is 0 Å². The molecule has 0 amide bonds. The first-order valence-electron chi connectivity index (χ1n) is 8.91. The molecule has 3 nitrogen and oxygen atoms in total. The van der Waals surface area contributed by atoms with Crippen molar-refractivity contribution in [2.45, 2.75) is 53.3 Å². The lowest BCUT2D eigenvalue weighted by atomic mass is 10.1. The maximum Gasteiger partial charge on any atom is 0.180 e. The molecule has 0 fully saturated rings. The van der Waals surface area contributed by atoms with Crippen molar-refractivity contribution in [3.05, 3.63) is 58.1 Å². The van der Waals surface area contributed by atoms with Crippen LogP contribution in [0, 0.1) is 6.92 Å². The zero-order valence-corrected chi connectivity index (χ0v) is 16.3. The molecule has 2 aromatic rings. The minimum atomic E-state index is 0.464. The molecule has 0 bridgehead atoms. The van der Waals surface area contributed by atoms with Gasteiger partial charge in [0.1, 0.15) is 6.61 Å². The van der Waals surface area contributed by atoms with Gasteiger partial charge in [0, 0.05) is 12.6 Å². The van der Waals surface area contributed by atoms with E-state index in [9.17, 15) is 0 Å². The Hall–Kier alpha value is -1.71. The topological polar surface area (TPSA) is 30.5 Å². The first-order valence-corrected chi connectivity index (χ1v) is 9.28. The fourth-order valence-electron chi connectivity index (χ4n) is 2.48. The molecule has 2 rings (SSSR count). The molecular formula is C21H28ClNO2. The van der Waals surface area contributed by atoms with E-state index in [1.807, 2.05) is 31.2 Å². The molecule has 0 aliphatic rings. The van der Waals surface area contributed by atoms with E-state index in [0.717, 1.165) is 24.1 Å². The third-order valence-electron chi connectivity index (χ3n) is 4.27. The summed E-state index contributed by atoms with van der Waals surface area (Å²) in [6, 6.07) is 12.6. The number of benzene rings is 2. The predicted octanol–water partition coefficient (Wildman–Crippen LogP) is 5.51. The van der Waals surface area contributed by atoms with Gasteiger partial charge in [0.05, 0.1) is 11.6 Å². The van der Waals surface area contributed by atoms with Crippen LogP contribution in [0.2, 0.25) is 5.02 Å². The maximum absolute atomic E-state index is 6.49. The van der Waals surface area contributed by atoms with Gasteiger partial charge < -0.3 is 14.8 Å².